The normalized spacial score (nSPS) is 11.5. The third kappa shape index (κ3) is 3.16. The summed E-state index contributed by atoms with van der Waals surface area (Å²) < 4.78 is 30.1. The molecular weight excluding hydrogens is 432 g/mol. The minimum atomic E-state index is -0.917. The molecule has 34 heavy (non-hydrogen) atoms. The van der Waals surface area contributed by atoms with Crippen LogP contribution in [-0.4, -0.2) is 24.3 Å². The molecule has 4 heterocycles. The molecule has 0 amide bonds. The zero-order chi connectivity index (χ0) is 23.4. The van der Waals surface area contributed by atoms with E-state index in [1.165, 1.54) is 12.1 Å². The Labute approximate surface area is 193 Å². The minimum absolute atomic E-state index is 0.109. The molecule has 0 atom stereocenters. The summed E-state index contributed by atoms with van der Waals surface area (Å²) in [5, 5.41) is 0. The second-order valence-corrected chi connectivity index (χ2v) is 8.32. The van der Waals surface area contributed by atoms with Crippen molar-refractivity contribution < 1.29 is 8.78 Å². The highest BCUT2D eigenvalue weighted by molar-refractivity contribution is 5.85. The lowest BCUT2D eigenvalue weighted by Gasteiger charge is -2.09. The molecule has 0 saturated carbocycles. The van der Waals surface area contributed by atoms with Gasteiger partial charge in [0.2, 0.25) is 0 Å². The fourth-order valence-corrected chi connectivity index (χ4v) is 4.31. The van der Waals surface area contributed by atoms with Gasteiger partial charge in [0.25, 0.3) is 0 Å². The smallest absolute Gasteiger partial charge is 0.169 e. The third-order valence-electron chi connectivity index (χ3n) is 6.05. The minimum Gasteiger partial charge on any atom is -0.338 e. The molecule has 0 saturated heterocycles. The van der Waals surface area contributed by atoms with Gasteiger partial charge in [0.15, 0.2) is 11.6 Å². The summed E-state index contributed by atoms with van der Waals surface area (Å²) >= 11 is 0. The first kappa shape index (κ1) is 20.2. The Kier molecular flexibility index (Phi) is 4.52. The van der Waals surface area contributed by atoms with Crippen molar-refractivity contribution in [2.24, 2.45) is 0 Å². The van der Waals surface area contributed by atoms with E-state index < -0.39 is 11.6 Å². The number of hydrogen-bond donors (Lipinski definition) is 1. The highest BCUT2D eigenvalue weighted by Crippen LogP contribution is 2.32. The number of pyridine rings is 2. The lowest BCUT2D eigenvalue weighted by atomic mass is 10.0. The number of halogens is 2. The van der Waals surface area contributed by atoms with Gasteiger partial charge in [0.05, 0.1) is 28.3 Å². The third-order valence-corrected chi connectivity index (χ3v) is 6.05. The van der Waals surface area contributed by atoms with Gasteiger partial charge in [-0.05, 0) is 55.8 Å². The Morgan fingerprint density at radius 3 is 2.59 bits per heavy atom. The molecule has 0 unspecified atom stereocenters. The van der Waals surface area contributed by atoms with Crippen molar-refractivity contribution >= 4 is 16.6 Å². The van der Waals surface area contributed by atoms with Crippen LogP contribution in [-0.2, 0) is 0 Å². The molecule has 0 aliphatic rings. The van der Waals surface area contributed by atoms with Crippen LogP contribution < -0.4 is 0 Å². The molecule has 0 bridgehead atoms. The second kappa shape index (κ2) is 7.59. The predicted molar refractivity (Wildman–Crippen MR) is 128 cm³/mol. The van der Waals surface area contributed by atoms with Gasteiger partial charge in [-0.1, -0.05) is 18.2 Å². The van der Waals surface area contributed by atoms with Crippen LogP contribution in [0.3, 0.4) is 0 Å². The summed E-state index contributed by atoms with van der Waals surface area (Å²) in [4.78, 5) is 17.2. The zero-order valence-electron chi connectivity index (χ0n) is 18.5. The topological polar surface area (TPSA) is 58.9 Å². The quantitative estimate of drug-likeness (QED) is 0.334. The number of imidazole rings is 2. The Hall–Kier alpha value is -4.39. The van der Waals surface area contributed by atoms with Crippen LogP contribution >= 0.6 is 0 Å². The molecule has 0 radical (unpaired) electrons. The lowest BCUT2D eigenvalue weighted by molar-refractivity contribution is 0.510. The summed E-state index contributed by atoms with van der Waals surface area (Å²) in [6, 6.07) is 16.0. The summed E-state index contributed by atoms with van der Waals surface area (Å²) in [7, 11) is 0. The van der Waals surface area contributed by atoms with Gasteiger partial charge in [-0.15, -0.1) is 0 Å². The van der Waals surface area contributed by atoms with Gasteiger partial charge in [-0.2, -0.15) is 0 Å². The van der Waals surface area contributed by atoms with E-state index in [-0.39, 0.29) is 5.56 Å². The number of aryl methyl sites for hydroxylation is 2. The molecule has 6 rings (SSSR count). The van der Waals surface area contributed by atoms with Crippen LogP contribution in [0.1, 0.15) is 11.3 Å². The highest BCUT2D eigenvalue weighted by Gasteiger charge is 2.17. The SMILES string of the molecule is Cc1ccc2nc(-c3cc(-c4cccn5c(-c6cccc(F)c6F)ncc45)cnc3C)[nH]c2c1. The molecule has 1 N–H and O–H groups in total. The number of hydrogen-bond acceptors (Lipinski definition) is 3. The lowest BCUT2D eigenvalue weighted by Crippen LogP contribution is -1.96. The number of nitrogens with zero attached hydrogens (tertiary/aromatic N) is 4. The number of rotatable bonds is 3. The van der Waals surface area contributed by atoms with E-state index in [1.807, 2.05) is 44.2 Å². The van der Waals surface area contributed by atoms with Crippen molar-refractivity contribution in [3.63, 3.8) is 0 Å². The van der Waals surface area contributed by atoms with Crippen molar-refractivity contribution in [1.29, 1.82) is 0 Å². The van der Waals surface area contributed by atoms with Gasteiger partial charge in [-0.25, -0.2) is 18.7 Å². The fraction of sp³-hybridized carbons (Fsp3) is 0.0741. The molecular formula is C27H19F2N5. The standard InChI is InChI=1S/C27H19F2N5/c1-15-8-9-22-23(11-15)33-26(32-22)20-12-17(13-30-16(20)2)18-6-4-10-34-24(18)14-31-27(34)19-5-3-7-21(28)25(19)29/h3-14H,1-2H3,(H,32,33). The maximum atomic E-state index is 14.5. The first-order chi connectivity index (χ1) is 16.5. The van der Waals surface area contributed by atoms with Crippen LogP contribution in [0.25, 0.3) is 50.5 Å². The molecule has 5 nitrogen and oxygen atoms in total. The maximum absolute atomic E-state index is 14.5. The predicted octanol–water partition coefficient (Wildman–Crippen LogP) is 6.50. The molecule has 0 spiro atoms. The molecule has 2 aromatic carbocycles. The van der Waals surface area contributed by atoms with Crippen molar-refractivity contribution in [2.45, 2.75) is 13.8 Å². The van der Waals surface area contributed by atoms with Crippen LogP contribution in [0.15, 0.2) is 73.2 Å². The Morgan fingerprint density at radius 1 is 0.853 bits per heavy atom. The van der Waals surface area contributed by atoms with Gasteiger partial charge < -0.3 is 4.98 Å². The Balaban J connectivity index is 1.50. The zero-order valence-corrected chi connectivity index (χ0v) is 18.5. The van der Waals surface area contributed by atoms with E-state index in [1.54, 1.807) is 23.0 Å². The van der Waals surface area contributed by atoms with Crippen LogP contribution in [0.2, 0.25) is 0 Å². The molecule has 6 aromatic rings. The monoisotopic (exact) mass is 451 g/mol. The van der Waals surface area contributed by atoms with Crippen molar-refractivity contribution in [3.8, 4) is 33.9 Å². The maximum Gasteiger partial charge on any atom is 0.169 e. The molecule has 0 aliphatic carbocycles. The number of benzene rings is 2. The van der Waals surface area contributed by atoms with E-state index in [4.69, 9.17) is 4.98 Å². The van der Waals surface area contributed by atoms with E-state index >= 15 is 0 Å². The van der Waals surface area contributed by atoms with Gasteiger partial charge in [0.1, 0.15) is 11.6 Å². The molecule has 166 valence electrons. The number of nitrogens with one attached hydrogen (secondary N) is 1. The molecule has 0 aliphatic heterocycles. The van der Waals surface area contributed by atoms with Crippen molar-refractivity contribution in [3.05, 3.63) is 96.1 Å². The van der Waals surface area contributed by atoms with E-state index in [0.717, 1.165) is 56.4 Å². The second-order valence-electron chi connectivity index (χ2n) is 8.32. The van der Waals surface area contributed by atoms with Gasteiger partial charge >= 0.3 is 0 Å². The first-order valence-electron chi connectivity index (χ1n) is 10.8. The summed E-state index contributed by atoms with van der Waals surface area (Å²) in [5.41, 5.74) is 7.38. The van der Waals surface area contributed by atoms with Crippen LogP contribution in [0.4, 0.5) is 8.78 Å². The van der Waals surface area contributed by atoms with Crippen molar-refractivity contribution in [2.75, 3.05) is 0 Å². The molecule has 4 aromatic heterocycles. The largest absolute Gasteiger partial charge is 0.338 e. The number of fused-ring (bicyclic) bond motifs is 2. The van der Waals surface area contributed by atoms with Gasteiger partial charge in [-0.3, -0.25) is 9.38 Å². The average molecular weight is 451 g/mol. The number of aromatic nitrogens is 5. The average Bonchev–Trinajstić information content (AvgIpc) is 3.45. The molecule has 0 fully saturated rings. The Bertz CT molecular complexity index is 1710. The molecule has 7 heteroatoms. The number of aromatic amines is 1. The summed E-state index contributed by atoms with van der Waals surface area (Å²) in [6.45, 7) is 3.99. The van der Waals surface area contributed by atoms with Crippen LogP contribution in [0, 0.1) is 25.5 Å². The van der Waals surface area contributed by atoms with Crippen molar-refractivity contribution in [1.82, 2.24) is 24.3 Å². The first-order valence-corrected chi connectivity index (χ1v) is 10.8. The van der Waals surface area contributed by atoms with E-state index in [0.29, 0.717) is 5.82 Å². The van der Waals surface area contributed by atoms with E-state index in [2.05, 4.69) is 21.0 Å². The summed E-state index contributed by atoms with van der Waals surface area (Å²) in [5.74, 6) is -0.740. The van der Waals surface area contributed by atoms with Gasteiger partial charge in [0, 0.05) is 34.8 Å². The number of H-pyrrole nitrogens is 1. The Morgan fingerprint density at radius 2 is 1.71 bits per heavy atom. The highest BCUT2D eigenvalue weighted by atomic mass is 19.2. The fourth-order valence-electron chi connectivity index (χ4n) is 4.31. The van der Waals surface area contributed by atoms with E-state index in [9.17, 15) is 8.78 Å². The summed E-state index contributed by atoms with van der Waals surface area (Å²) in [6.07, 6.45) is 5.25. The van der Waals surface area contributed by atoms with Crippen LogP contribution in [0.5, 0.6) is 0 Å².